The average molecular weight is 583 g/mol. The quantitative estimate of drug-likeness (QED) is 0.146. The number of hydrogen-bond acceptors (Lipinski definition) is 10. The molecule has 0 saturated heterocycles. The van der Waals surface area contributed by atoms with Gasteiger partial charge in [0, 0.05) is 30.9 Å². The molecule has 2 aromatic carbocycles. The minimum absolute atomic E-state index is 0.0206. The van der Waals surface area contributed by atoms with E-state index in [9.17, 15) is 28.5 Å². The molecule has 0 heterocycles. The summed E-state index contributed by atoms with van der Waals surface area (Å²) in [4.78, 5) is 11.8. The van der Waals surface area contributed by atoms with Gasteiger partial charge in [0.1, 0.15) is 11.5 Å². The Kier molecular flexibility index (Phi) is 14.9. The molecule has 11 nitrogen and oxygen atoms in total. The van der Waals surface area contributed by atoms with Gasteiger partial charge in [-0.3, -0.25) is 4.79 Å². The molecule has 6 N–H and O–H groups in total. The summed E-state index contributed by atoms with van der Waals surface area (Å²) in [6, 6.07) is 10.2. The van der Waals surface area contributed by atoms with E-state index in [1.165, 1.54) is 13.2 Å². The first-order valence-electron chi connectivity index (χ1n) is 13.4. The van der Waals surface area contributed by atoms with Gasteiger partial charge in [-0.25, -0.2) is 0 Å². The number of aliphatic hydroxyl groups excluding tert-OH is 2. The van der Waals surface area contributed by atoms with E-state index in [2.05, 4.69) is 9.50 Å². The van der Waals surface area contributed by atoms with Crippen LogP contribution in [0.3, 0.4) is 0 Å². The van der Waals surface area contributed by atoms with Crippen molar-refractivity contribution in [1.29, 1.82) is 0 Å². The number of unbranched alkanes of at least 4 members (excludes halogenated alkanes) is 4. The van der Waals surface area contributed by atoms with Crippen molar-refractivity contribution in [3.05, 3.63) is 58.7 Å². The number of nitrogens with two attached hydrogens (primary N) is 1. The van der Waals surface area contributed by atoms with Gasteiger partial charge in [-0.1, -0.05) is 31.0 Å². The van der Waals surface area contributed by atoms with Gasteiger partial charge < -0.3 is 34.3 Å². The highest BCUT2D eigenvalue weighted by Gasteiger charge is 2.16. The molecule has 0 aliphatic rings. The Morgan fingerprint density at radius 1 is 1.00 bits per heavy atom. The minimum atomic E-state index is -4.35. The van der Waals surface area contributed by atoms with Crippen molar-refractivity contribution >= 4 is 16.3 Å². The summed E-state index contributed by atoms with van der Waals surface area (Å²) in [5, 5.41) is 37.1. The monoisotopic (exact) mass is 582 g/mol. The molecule has 2 rings (SSSR count). The lowest BCUT2D eigenvalue weighted by atomic mass is 10.0. The first kappa shape index (κ1) is 33.5. The van der Waals surface area contributed by atoms with Gasteiger partial charge in [0.05, 0.1) is 26.2 Å². The van der Waals surface area contributed by atoms with Gasteiger partial charge in [0.15, 0.2) is 0 Å². The van der Waals surface area contributed by atoms with Crippen LogP contribution in [0.4, 0.5) is 0 Å². The molecule has 0 amide bonds. The summed E-state index contributed by atoms with van der Waals surface area (Å²) < 4.78 is 37.1. The molecule has 0 bridgehead atoms. The van der Waals surface area contributed by atoms with Crippen LogP contribution in [0.15, 0.2) is 36.4 Å². The van der Waals surface area contributed by atoms with Crippen LogP contribution in [0.2, 0.25) is 0 Å². The maximum atomic E-state index is 11.8. The van der Waals surface area contributed by atoms with Gasteiger partial charge in [-0.15, -0.1) is 0 Å². The van der Waals surface area contributed by atoms with Crippen molar-refractivity contribution in [2.75, 3.05) is 33.4 Å². The molecule has 2 aromatic rings. The molecule has 0 aliphatic heterocycles. The lowest BCUT2D eigenvalue weighted by Gasteiger charge is -2.14. The van der Waals surface area contributed by atoms with Crippen LogP contribution in [0, 0.1) is 0 Å². The number of nitrogens with one attached hydrogen (secondary N) is 1. The smallest absolute Gasteiger partial charge is 0.382 e. The van der Waals surface area contributed by atoms with E-state index in [1.54, 1.807) is 24.3 Å². The topological polar surface area (TPSA) is 178 Å². The zero-order valence-electron chi connectivity index (χ0n) is 23.0. The summed E-state index contributed by atoms with van der Waals surface area (Å²) in [5.41, 5.74) is 2.59. The Bertz CT molecular complexity index is 1160. The molecule has 12 heteroatoms. The first-order valence-corrected chi connectivity index (χ1v) is 14.9. The highest BCUT2D eigenvalue weighted by atomic mass is 32.2. The molecular formula is C28H42N2O9S. The van der Waals surface area contributed by atoms with Crippen LogP contribution < -0.4 is 15.2 Å². The molecule has 224 valence electrons. The predicted octanol–water partition coefficient (Wildman–Crippen LogP) is 2.41. The number of ether oxygens (including phenoxy) is 2. The standard InChI is InChI=1S/C28H42N2O9S/c1-37-27-12-9-21(16-23(27)18-28(34)39-40(29,35)36)8-4-7-15-38-14-6-3-2-5-13-30-19-26(33)22-10-11-25(32)24(17-22)20-31/h9-12,16-17,26,30-33H,2-8,13-15,18-20H2,1H3,(H2,29,35,36)/t26-/m0/s1. The number of phenols is 1. The third-order valence-electron chi connectivity index (χ3n) is 6.28. The largest absolute Gasteiger partial charge is 0.508 e. The number of carbonyl (C=O) groups excluding carboxylic acids is 1. The van der Waals surface area contributed by atoms with E-state index in [1.807, 2.05) is 6.07 Å². The maximum absolute atomic E-state index is 11.8. The summed E-state index contributed by atoms with van der Waals surface area (Å²) >= 11 is 0. The van der Waals surface area contributed by atoms with Crippen LogP contribution in [0.25, 0.3) is 0 Å². The van der Waals surface area contributed by atoms with Crippen molar-refractivity contribution in [3.63, 3.8) is 0 Å². The number of aromatic hydroxyl groups is 1. The van der Waals surface area contributed by atoms with Crippen molar-refractivity contribution in [1.82, 2.24) is 5.32 Å². The van der Waals surface area contributed by atoms with E-state index >= 15 is 0 Å². The van der Waals surface area contributed by atoms with E-state index in [4.69, 9.17) is 14.6 Å². The lowest BCUT2D eigenvalue weighted by molar-refractivity contribution is -0.133. The molecule has 0 aliphatic carbocycles. The normalized spacial score (nSPS) is 12.3. The Balaban J connectivity index is 1.51. The van der Waals surface area contributed by atoms with E-state index in [0.29, 0.717) is 42.2 Å². The lowest BCUT2D eigenvalue weighted by Crippen LogP contribution is -2.22. The summed E-state index contributed by atoms with van der Waals surface area (Å²) in [6.07, 6.45) is 5.70. The van der Waals surface area contributed by atoms with Gasteiger partial charge in [0.2, 0.25) is 0 Å². The molecule has 0 spiro atoms. The molecule has 0 radical (unpaired) electrons. The van der Waals surface area contributed by atoms with Crippen molar-refractivity contribution in [2.24, 2.45) is 5.14 Å². The Morgan fingerprint density at radius 3 is 2.42 bits per heavy atom. The highest BCUT2D eigenvalue weighted by Crippen LogP contribution is 2.23. The first-order chi connectivity index (χ1) is 19.1. The fraction of sp³-hybridized carbons (Fsp3) is 0.536. The molecule has 40 heavy (non-hydrogen) atoms. The number of benzene rings is 2. The number of carbonyl (C=O) groups is 1. The fourth-order valence-electron chi connectivity index (χ4n) is 4.18. The molecular weight excluding hydrogens is 540 g/mol. The average Bonchev–Trinajstić information content (AvgIpc) is 2.90. The number of hydrogen-bond donors (Lipinski definition) is 5. The van der Waals surface area contributed by atoms with Crippen LogP contribution in [0.5, 0.6) is 11.5 Å². The zero-order valence-corrected chi connectivity index (χ0v) is 23.8. The van der Waals surface area contributed by atoms with Crippen LogP contribution in [-0.2, 0) is 43.5 Å². The summed E-state index contributed by atoms with van der Waals surface area (Å²) in [5.74, 6) is -0.476. The Hall–Kier alpha value is -2.74. The zero-order chi connectivity index (χ0) is 29.4. The third-order valence-corrected chi connectivity index (χ3v) is 6.70. The molecule has 0 saturated carbocycles. The van der Waals surface area contributed by atoms with Crippen molar-refractivity contribution < 1.29 is 42.2 Å². The number of methoxy groups -OCH3 is 1. The Morgan fingerprint density at radius 2 is 1.73 bits per heavy atom. The second kappa shape index (κ2) is 17.8. The van der Waals surface area contributed by atoms with E-state index < -0.39 is 22.4 Å². The van der Waals surface area contributed by atoms with Gasteiger partial charge >= 0.3 is 16.3 Å². The number of aryl methyl sites for hydroxylation is 1. The minimum Gasteiger partial charge on any atom is -0.508 e. The van der Waals surface area contributed by atoms with Crippen LogP contribution >= 0.6 is 0 Å². The molecule has 1 atom stereocenters. The third kappa shape index (κ3) is 13.1. The van der Waals surface area contributed by atoms with Crippen molar-refractivity contribution in [3.8, 4) is 11.5 Å². The Labute approximate surface area is 236 Å². The second-order valence-electron chi connectivity index (χ2n) is 9.52. The second-order valence-corrected chi connectivity index (χ2v) is 10.7. The highest BCUT2D eigenvalue weighted by molar-refractivity contribution is 7.84. The van der Waals surface area contributed by atoms with Gasteiger partial charge in [-0.05, 0) is 68.0 Å². The fourth-order valence-corrected chi connectivity index (χ4v) is 4.50. The predicted molar refractivity (Wildman–Crippen MR) is 150 cm³/mol. The summed E-state index contributed by atoms with van der Waals surface area (Å²) in [6.45, 7) is 2.30. The maximum Gasteiger partial charge on any atom is 0.382 e. The van der Waals surface area contributed by atoms with Crippen LogP contribution in [-0.4, -0.2) is 63.1 Å². The van der Waals surface area contributed by atoms with E-state index in [0.717, 1.165) is 57.1 Å². The van der Waals surface area contributed by atoms with Gasteiger partial charge in [-0.2, -0.15) is 13.6 Å². The number of rotatable bonds is 20. The molecule has 0 unspecified atom stereocenters. The van der Waals surface area contributed by atoms with Gasteiger partial charge in [0.25, 0.3) is 0 Å². The number of aliphatic hydroxyl groups is 2. The SMILES string of the molecule is COc1ccc(CCCCOCCCCCCNC[C@H](O)c2ccc(O)c(CO)c2)cc1CC(=O)OS(N)(=O)=O. The molecule has 0 fully saturated rings. The van der Waals surface area contributed by atoms with Crippen molar-refractivity contribution in [2.45, 2.75) is 64.1 Å². The summed E-state index contributed by atoms with van der Waals surface area (Å²) in [7, 11) is -2.88. The van der Waals surface area contributed by atoms with E-state index in [-0.39, 0.29) is 18.8 Å². The van der Waals surface area contributed by atoms with Crippen LogP contribution in [0.1, 0.15) is 66.9 Å². The molecule has 0 aromatic heterocycles.